The molecular weight excluding hydrogens is 282 g/mol. The van der Waals surface area contributed by atoms with Crippen LogP contribution < -0.4 is 10.5 Å². The molecule has 0 fully saturated rings. The first-order valence-corrected chi connectivity index (χ1v) is 7.78. The second kappa shape index (κ2) is 5.70. The van der Waals surface area contributed by atoms with Gasteiger partial charge >= 0.3 is 0 Å². The molecule has 2 aromatic rings. The maximum atomic E-state index is 6.38. The molecule has 1 heterocycles. The lowest BCUT2D eigenvalue weighted by molar-refractivity contribution is 0.0321. The van der Waals surface area contributed by atoms with E-state index in [4.69, 9.17) is 22.1 Å². The zero-order valence-corrected chi connectivity index (χ0v) is 12.9. The Balaban J connectivity index is 1.92. The molecule has 2 aromatic carbocycles. The molecule has 0 aromatic heterocycles. The molecule has 2 atom stereocenters. The van der Waals surface area contributed by atoms with Gasteiger partial charge in [-0.15, -0.1) is 0 Å². The summed E-state index contributed by atoms with van der Waals surface area (Å²) in [5.74, 6) is 0.871. The summed E-state index contributed by atoms with van der Waals surface area (Å²) in [6.07, 6.45) is 2.61. The fraction of sp³-hybridized carbons (Fsp3) is 0.333. The average Bonchev–Trinajstić information content (AvgIpc) is 2.49. The second-order valence-electron chi connectivity index (χ2n) is 5.79. The van der Waals surface area contributed by atoms with Crippen LogP contribution in [-0.4, -0.2) is 5.60 Å². The van der Waals surface area contributed by atoms with Gasteiger partial charge in [-0.1, -0.05) is 48.9 Å². The Hall–Kier alpha value is -1.51. The molecule has 2 N–H and O–H groups in total. The summed E-state index contributed by atoms with van der Waals surface area (Å²) in [6.45, 7) is 2.16. The van der Waals surface area contributed by atoms with Crippen LogP contribution in [0.15, 0.2) is 48.5 Å². The lowest BCUT2D eigenvalue weighted by Gasteiger charge is -2.41. The first-order valence-electron chi connectivity index (χ1n) is 7.40. The fourth-order valence-corrected chi connectivity index (χ4v) is 3.29. The van der Waals surface area contributed by atoms with Crippen molar-refractivity contribution in [3.8, 4) is 5.75 Å². The highest BCUT2D eigenvalue weighted by Gasteiger charge is 2.38. The average molecular weight is 302 g/mol. The van der Waals surface area contributed by atoms with Gasteiger partial charge in [0, 0.05) is 29.5 Å². The number of benzene rings is 2. The van der Waals surface area contributed by atoms with E-state index in [1.54, 1.807) is 0 Å². The van der Waals surface area contributed by atoms with Gasteiger partial charge in [0.2, 0.25) is 0 Å². The van der Waals surface area contributed by atoms with E-state index in [-0.39, 0.29) is 11.6 Å². The van der Waals surface area contributed by atoms with Crippen molar-refractivity contribution in [3.63, 3.8) is 0 Å². The monoisotopic (exact) mass is 301 g/mol. The lowest BCUT2D eigenvalue weighted by Crippen LogP contribution is -2.44. The molecule has 0 radical (unpaired) electrons. The van der Waals surface area contributed by atoms with E-state index in [9.17, 15) is 0 Å². The van der Waals surface area contributed by atoms with Gasteiger partial charge in [0.25, 0.3) is 0 Å². The molecule has 0 bridgehead atoms. The van der Waals surface area contributed by atoms with Crippen LogP contribution in [0.2, 0.25) is 5.02 Å². The summed E-state index contributed by atoms with van der Waals surface area (Å²) in [4.78, 5) is 0. The summed E-state index contributed by atoms with van der Waals surface area (Å²) in [7, 11) is 0. The Kier molecular flexibility index (Phi) is 3.92. The van der Waals surface area contributed by atoms with Crippen LogP contribution in [0.1, 0.15) is 36.9 Å². The number of halogens is 1. The highest BCUT2D eigenvalue weighted by atomic mass is 35.5. The van der Waals surface area contributed by atoms with Gasteiger partial charge in [-0.3, -0.25) is 0 Å². The topological polar surface area (TPSA) is 35.2 Å². The van der Waals surface area contributed by atoms with E-state index < -0.39 is 0 Å². The maximum absolute atomic E-state index is 6.38. The number of ether oxygens (including phenoxy) is 1. The van der Waals surface area contributed by atoms with Crippen molar-refractivity contribution in [3.05, 3.63) is 64.7 Å². The van der Waals surface area contributed by atoms with Crippen LogP contribution in [-0.2, 0) is 6.42 Å². The third-order valence-electron chi connectivity index (χ3n) is 4.30. The molecule has 1 aliphatic heterocycles. The minimum Gasteiger partial charge on any atom is -0.487 e. The third kappa shape index (κ3) is 2.92. The van der Waals surface area contributed by atoms with Crippen LogP contribution in [0.25, 0.3) is 0 Å². The van der Waals surface area contributed by atoms with Gasteiger partial charge in [0.05, 0.1) is 0 Å². The predicted molar refractivity (Wildman–Crippen MR) is 86.8 cm³/mol. The first-order chi connectivity index (χ1) is 10.1. The van der Waals surface area contributed by atoms with Crippen molar-refractivity contribution in [1.82, 2.24) is 0 Å². The molecule has 3 rings (SSSR count). The minimum absolute atomic E-state index is 0.0314. The van der Waals surface area contributed by atoms with E-state index >= 15 is 0 Å². The van der Waals surface area contributed by atoms with Crippen molar-refractivity contribution >= 4 is 11.6 Å². The number of rotatable bonds is 3. The predicted octanol–water partition coefficient (Wildman–Crippen LogP) is 4.51. The number of nitrogens with two attached hydrogens (primary N) is 1. The van der Waals surface area contributed by atoms with Crippen molar-refractivity contribution in [2.75, 3.05) is 0 Å². The normalized spacial score (nSPS) is 24.2. The van der Waals surface area contributed by atoms with Crippen LogP contribution in [0.4, 0.5) is 0 Å². The van der Waals surface area contributed by atoms with Crippen molar-refractivity contribution < 1.29 is 4.74 Å². The van der Waals surface area contributed by atoms with Crippen molar-refractivity contribution in [2.24, 2.45) is 5.73 Å². The molecule has 1 aliphatic rings. The van der Waals surface area contributed by atoms with Crippen LogP contribution in [0.5, 0.6) is 5.75 Å². The van der Waals surface area contributed by atoms with E-state index in [1.165, 1.54) is 5.56 Å². The standard InChI is InChI=1S/C18H20ClNO/c1-2-18(11-13-6-4-3-5-7-13)12-16(20)15-10-14(19)8-9-17(15)21-18/h3-10,16H,2,11-12,20H2,1H3/t16-,18?/m1/s1. The second-order valence-corrected chi connectivity index (χ2v) is 6.23. The number of hydrogen-bond acceptors (Lipinski definition) is 2. The Bertz CT molecular complexity index is 628. The summed E-state index contributed by atoms with van der Waals surface area (Å²) < 4.78 is 6.36. The molecule has 0 saturated heterocycles. The Morgan fingerprint density at radius 1 is 1.24 bits per heavy atom. The molecule has 2 nitrogen and oxygen atoms in total. The summed E-state index contributed by atoms with van der Waals surface area (Å²) in [5.41, 5.74) is 8.44. The SMILES string of the molecule is CCC1(Cc2ccccc2)C[C@@H](N)c2cc(Cl)ccc2O1. The van der Waals surface area contributed by atoms with E-state index in [0.29, 0.717) is 5.02 Å². The van der Waals surface area contributed by atoms with E-state index in [1.807, 2.05) is 24.3 Å². The molecule has 0 amide bonds. The van der Waals surface area contributed by atoms with Gasteiger partial charge < -0.3 is 10.5 Å². The molecular formula is C18H20ClNO. The minimum atomic E-state index is -0.235. The third-order valence-corrected chi connectivity index (χ3v) is 4.54. The van der Waals surface area contributed by atoms with Gasteiger partial charge in [0.1, 0.15) is 11.4 Å². The first kappa shape index (κ1) is 14.4. The molecule has 110 valence electrons. The Morgan fingerprint density at radius 3 is 2.71 bits per heavy atom. The maximum Gasteiger partial charge on any atom is 0.125 e. The number of fused-ring (bicyclic) bond motifs is 1. The highest BCUT2D eigenvalue weighted by Crippen LogP contribution is 2.42. The quantitative estimate of drug-likeness (QED) is 0.905. The highest BCUT2D eigenvalue weighted by molar-refractivity contribution is 6.30. The zero-order chi connectivity index (χ0) is 14.9. The molecule has 0 saturated carbocycles. The van der Waals surface area contributed by atoms with Crippen LogP contribution in [0.3, 0.4) is 0 Å². The van der Waals surface area contributed by atoms with Gasteiger partial charge in [-0.05, 0) is 30.2 Å². The van der Waals surface area contributed by atoms with E-state index in [0.717, 1.165) is 30.6 Å². The Labute approximate surface area is 130 Å². The summed E-state index contributed by atoms with van der Waals surface area (Å²) in [6, 6.07) is 16.1. The van der Waals surface area contributed by atoms with E-state index in [2.05, 4.69) is 31.2 Å². The van der Waals surface area contributed by atoms with Crippen molar-refractivity contribution in [1.29, 1.82) is 0 Å². The van der Waals surface area contributed by atoms with Gasteiger partial charge in [-0.2, -0.15) is 0 Å². The van der Waals surface area contributed by atoms with Crippen LogP contribution >= 0.6 is 11.6 Å². The number of hydrogen-bond donors (Lipinski definition) is 1. The molecule has 1 unspecified atom stereocenters. The summed E-state index contributed by atoms with van der Waals surface area (Å²) in [5, 5.41) is 0.708. The molecule has 0 aliphatic carbocycles. The fourth-order valence-electron chi connectivity index (χ4n) is 3.11. The Morgan fingerprint density at radius 2 is 2.00 bits per heavy atom. The van der Waals surface area contributed by atoms with Crippen LogP contribution in [0, 0.1) is 0 Å². The van der Waals surface area contributed by atoms with Gasteiger partial charge in [-0.25, -0.2) is 0 Å². The van der Waals surface area contributed by atoms with Gasteiger partial charge in [0.15, 0.2) is 0 Å². The summed E-state index contributed by atoms with van der Waals surface area (Å²) >= 11 is 6.07. The largest absolute Gasteiger partial charge is 0.487 e. The molecule has 21 heavy (non-hydrogen) atoms. The smallest absolute Gasteiger partial charge is 0.125 e. The lowest BCUT2D eigenvalue weighted by atomic mass is 9.81. The molecule has 3 heteroatoms. The zero-order valence-electron chi connectivity index (χ0n) is 12.2. The van der Waals surface area contributed by atoms with Crippen molar-refractivity contribution in [2.45, 2.75) is 37.8 Å². The molecule has 0 spiro atoms.